The first kappa shape index (κ1) is 15.7. The normalized spacial score (nSPS) is 12.0. The van der Waals surface area contributed by atoms with Crippen molar-refractivity contribution in [1.82, 2.24) is 0 Å². The molecule has 0 radical (unpaired) electrons. The Kier molecular flexibility index (Phi) is 3.53. The van der Waals surface area contributed by atoms with E-state index in [2.05, 4.69) is 19.1 Å². The van der Waals surface area contributed by atoms with Gasteiger partial charge >= 0.3 is 6.18 Å². The van der Waals surface area contributed by atoms with Crippen LogP contribution in [-0.4, -0.2) is 0 Å². The molecule has 0 heterocycles. The van der Waals surface area contributed by atoms with Gasteiger partial charge < -0.3 is 0 Å². The second-order valence-corrected chi connectivity index (χ2v) is 6.17. The van der Waals surface area contributed by atoms with E-state index in [9.17, 15) is 13.2 Å². The van der Waals surface area contributed by atoms with E-state index in [0.29, 0.717) is 0 Å². The zero-order valence-corrected chi connectivity index (χ0v) is 13.6. The van der Waals surface area contributed by atoms with E-state index in [0.717, 1.165) is 44.8 Å². The van der Waals surface area contributed by atoms with Crippen molar-refractivity contribution in [3.8, 4) is 11.1 Å². The average Bonchev–Trinajstić information content (AvgIpc) is 2.62. The number of rotatable bonds is 1. The fourth-order valence-electron chi connectivity index (χ4n) is 3.48. The fourth-order valence-corrected chi connectivity index (χ4v) is 3.48. The predicted octanol–water partition coefficient (Wildman–Crippen LogP) is 6.99. The first-order chi connectivity index (χ1) is 12.0. The maximum atomic E-state index is 12.9. The summed E-state index contributed by atoms with van der Waals surface area (Å²) in [5, 5.41) is 4.35. The average molecular weight is 336 g/mol. The van der Waals surface area contributed by atoms with Gasteiger partial charge in [-0.2, -0.15) is 13.2 Å². The summed E-state index contributed by atoms with van der Waals surface area (Å²) >= 11 is 0. The van der Waals surface area contributed by atoms with Crippen molar-refractivity contribution < 1.29 is 13.2 Å². The molecule has 4 aromatic carbocycles. The Morgan fingerprint density at radius 2 is 1.04 bits per heavy atom. The molecule has 124 valence electrons. The monoisotopic (exact) mass is 336 g/mol. The summed E-state index contributed by atoms with van der Waals surface area (Å²) in [5.74, 6) is 0. The standard InChI is InChI=1S/C22H15F3/c1-14-17-6-2-4-8-19(17)21(20-9-5-3-7-18(14)20)15-10-12-16(13-11-15)22(23,24)25/h2-13H,1H3. The van der Waals surface area contributed by atoms with E-state index in [4.69, 9.17) is 0 Å². The minimum absolute atomic E-state index is 0.628. The second-order valence-electron chi connectivity index (χ2n) is 6.17. The molecule has 3 heteroatoms. The SMILES string of the molecule is Cc1c2ccccc2c(-c2ccc(C(F)(F)F)cc2)c2ccccc12. The van der Waals surface area contributed by atoms with Crippen LogP contribution < -0.4 is 0 Å². The van der Waals surface area contributed by atoms with E-state index < -0.39 is 11.7 Å². The van der Waals surface area contributed by atoms with Crippen molar-refractivity contribution in [1.29, 1.82) is 0 Å². The Hall–Kier alpha value is -2.81. The predicted molar refractivity (Wildman–Crippen MR) is 96.6 cm³/mol. The summed E-state index contributed by atoms with van der Waals surface area (Å²) in [6.07, 6.45) is -4.32. The molecule has 0 N–H and O–H groups in total. The van der Waals surface area contributed by atoms with Crippen molar-refractivity contribution in [3.63, 3.8) is 0 Å². The lowest BCUT2D eigenvalue weighted by atomic mass is 9.89. The molecule has 0 saturated heterocycles. The number of benzene rings is 4. The number of hydrogen-bond donors (Lipinski definition) is 0. The van der Waals surface area contributed by atoms with Crippen molar-refractivity contribution >= 4 is 21.5 Å². The molecule has 0 aliphatic heterocycles. The highest BCUT2D eigenvalue weighted by Gasteiger charge is 2.30. The topological polar surface area (TPSA) is 0 Å². The smallest absolute Gasteiger partial charge is 0.166 e. The van der Waals surface area contributed by atoms with Crippen LogP contribution in [0.3, 0.4) is 0 Å². The van der Waals surface area contributed by atoms with Crippen LogP contribution in [0.25, 0.3) is 32.7 Å². The third-order valence-corrected chi connectivity index (χ3v) is 4.70. The molecule has 0 bridgehead atoms. The van der Waals surface area contributed by atoms with Crippen molar-refractivity contribution in [3.05, 3.63) is 83.9 Å². The van der Waals surface area contributed by atoms with Gasteiger partial charge in [0.05, 0.1) is 5.56 Å². The molecule has 0 aliphatic carbocycles. The minimum atomic E-state index is -4.32. The molecule has 0 amide bonds. The Labute approximate surface area is 143 Å². The molecule has 25 heavy (non-hydrogen) atoms. The highest BCUT2D eigenvalue weighted by atomic mass is 19.4. The molecule has 4 rings (SSSR count). The lowest BCUT2D eigenvalue weighted by Crippen LogP contribution is -2.04. The Morgan fingerprint density at radius 3 is 1.48 bits per heavy atom. The van der Waals surface area contributed by atoms with Crippen LogP contribution in [0, 0.1) is 6.92 Å². The van der Waals surface area contributed by atoms with Crippen LogP contribution in [-0.2, 0) is 6.18 Å². The van der Waals surface area contributed by atoms with Crippen LogP contribution in [0.15, 0.2) is 72.8 Å². The molecule has 0 aliphatic rings. The summed E-state index contributed by atoms with van der Waals surface area (Å²) in [6.45, 7) is 2.08. The van der Waals surface area contributed by atoms with Crippen molar-refractivity contribution in [2.45, 2.75) is 13.1 Å². The summed E-state index contributed by atoms with van der Waals surface area (Å²) in [7, 11) is 0. The molecule has 0 saturated carbocycles. The molecule has 0 spiro atoms. The van der Waals surface area contributed by atoms with Crippen LogP contribution in [0.1, 0.15) is 11.1 Å². The van der Waals surface area contributed by atoms with E-state index in [-0.39, 0.29) is 0 Å². The molecule has 0 atom stereocenters. The Balaban J connectivity index is 2.07. The number of hydrogen-bond acceptors (Lipinski definition) is 0. The van der Waals surface area contributed by atoms with E-state index in [1.807, 2.05) is 36.4 Å². The van der Waals surface area contributed by atoms with E-state index >= 15 is 0 Å². The van der Waals surface area contributed by atoms with Gasteiger partial charge in [-0.25, -0.2) is 0 Å². The third-order valence-electron chi connectivity index (χ3n) is 4.70. The summed E-state index contributed by atoms with van der Waals surface area (Å²) in [5.41, 5.74) is 2.32. The van der Waals surface area contributed by atoms with Crippen molar-refractivity contribution in [2.75, 3.05) is 0 Å². The van der Waals surface area contributed by atoms with Crippen LogP contribution in [0.2, 0.25) is 0 Å². The number of alkyl halides is 3. The number of aryl methyl sites for hydroxylation is 1. The third kappa shape index (κ3) is 2.56. The number of halogens is 3. The summed E-state index contributed by atoms with van der Waals surface area (Å²) in [4.78, 5) is 0. The van der Waals surface area contributed by atoms with Gasteiger partial charge in [0, 0.05) is 0 Å². The van der Waals surface area contributed by atoms with Gasteiger partial charge in [0.25, 0.3) is 0 Å². The number of fused-ring (bicyclic) bond motifs is 2. The summed E-state index contributed by atoms with van der Waals surface area (Å²) < 4.78 is 38.6. The maximum absolute atomic E-state index is 12.9. The van der Waals surface area contributed by atoms with Crippen LogP contribution in [0.4, 0.5) is 13.2 Å². The van der Waals surface area contributed by atoms with E-state index in [1.54, 1.807) is 12.1 Å². The van der Waals surface area contributed by atoms with Gasteiger partial charge in [-0.15, -0.1) is 0 Å². The Bertz CT molecular complexity index is 1020. The molecule has 0 unspecified atom stereocenters. The Morgan fingerprint density at radius 1 is 0.600 bits per heavy atom. The first-order valence-corrected chi connectivity index (χ1v) is 8.04. The molecule has 0 fully saturated rings. The quantitative estimate of drug-likeness (QED) is 0.329. The zero-order chi connectivity index (χ0) is 17.6. The lowest BCUT2D eigenvalue weighted by molar-refractivity contribution is -0.137. The van der Waals surface area contributed by atoms with Gasteiger partial charge in [-0.05, 0) is 57.3 Å². The molecule has 0 aromatic heterocycles. The summed E-state index contributed by atoms with van der Waals surface area (Å²) in [6, 6.07) is 21.5. The molecule has 0 nitrogen and oxygen atoms in total. The lowest BCUT2D eigenvalue weighted by Gasteiger charge is -2.15. The van der Waals surface area contributed by atoms with Crippen LogP contribution >= 0.6 is 0 Å². The van der Waals surface area contributed by atoms with E-state index in [1.165, 1.54) is 5.56 Å². The largest absolute Gasteiger partial charge is 0.416 e. The van der Waals surface area contributed by atoms with Gasteiger partial charge in [0.15, 0.2) is 0 Å². The highest BCUT2D eigenvalue weighted by molar-refractivity contribution is 6.14. The maximum Gasteiger partial charge on any atom is 0.416 e. The van der Waals surface area contributed by atoms with Gasteiger partial charge in [0.2, 0.25) is 0 Å². The van der Waals surface area contributed by atoms with Crippen molar-refractivity contribution in [2.24, 2.45) is 0 Å². The zero-order valence-electron chi connectivity index (χ0n) is 13.6. The molecular weight excluding hydrogens is 321 g/mol. The van der Waals surface area contributed by atoms with Gasteiger partial charge in [0.1, 0.15) is 0 Å². The fraction of sp³-hybridized carbons (Fsp3) is 0.0909. The highest BCUT2D eigenvalue weighted by Crippen LogP contribution is 2.39. The first-order valence-electron chi connectivity index (χ1n) is 8.04. The van der Waals surface area contributed by atoms with Gasteiger partial charge in [-0.1, -0.05) is 60.7 Å². The minimum Gasteiger partial charge on any atom is -0.166 e. The van der Waals surface area contributed by atoms with Gasteiger partial charge in [-0.3, -0.25) is 0 Å². The second kappa shape index (κ2) is 5.62. The molecular formula is C22H15F3. The van der Waals surface area contributed by atoms with Crippen LogP contribution in [0.5, 0.6) is 0 Å². The molecule has 4 aromatic rings.